The molecule has 9 nitrogen and oxygen atoms in total. The Hall–Kier alpha value is -2.45. The molecule has 3 saturated heterocycles. The molecule has 206 valence electrons. The highest BCUT2D eigenvalue weighted by molar-refractivity contribution is 7.89. The van der Waals surface area contributed by atoms with Gasteiger partial charge in [-0.05, 0) is 42.8 Å². The minimum atomic E-state index is -4.57. The third kappa shape index (κ3) is 5.48. The third-order valence-corrected chi connectivity index (χ3v) is 9.44. The second-order valence-corrected chi connectivity index (χ2v) is 12.2. The molecule has 2 unspecified atom stereocenters. The number of nitrogens with two attached hydrogens (primary N) is 1. The van der Waals surface area contributed by atoms with Crippen molar-refractivity contribution < 1.29 is 26.4 Å². The monoisotopic (exact) mass is 572 g/mol. The number of halogens is 4. The van der Waals surface area contributed by atoms with Gasteiger partial charge in [0.25, 0.3) is 0 Å². The van der Waals surface area contributed by atoms with E-state index in [2.05, 4.69) is 9.88 Å². The third-order valence-electron chi connectivity index (χ3n) is 7.33. The summed E-state index contributed by atoms with van der Waals surface area (Å²) in [4.78, 5) is 22.2. The van der Waals surface area contributed by atoms with Crippen molar-refractivity contribution in [2.45, 2.75) is 36.0 Å². The van der Waals surface area contributed by atoms with Crippen LogP contribution in [0.5, 0.6) is 0 Å². The van der Waals surface area contributed by atoms with Gasteiger partial charge in [-0.2, -0.15) is 17.5 Å². The molecule has 4 heterocycles. The molecule has 0 aliphatic carbocycles. The van der Waals surface area contributed by atoms with Crippen molar-refractivity contribution in [2.24, 2.45) is 5.73 Å². The lowest BCUT2D eigenvalue weighted by Crippen LogP contribution is -2.49. The summed E-state index contributed by atoms with van der Waals surface area (Å²) in [5, 5.41) is -0.281. The van der Waals surface area contributed by atoms with Crippen LogP contribution in [-0.4, -0.2) is 86.4 Å². The van der Waals surface area contributed by atoms with Crippen LogP contribution in [0.4, 0.5) is 24.7 Å². The highest BCUT2D eigenvalue weighted by Gasteiger charge is 2.37. The number of nitrogens with zero attached hydrogens (tertiary/aromatic N) is 5. The van der Waals surface area contributed by atoms with Gasteiger partial charge in [-0.1, -0.05) is 11.6 Å². The Kier molecular flexibility index (Phi) is 7.33. The van der Waals surface area contributed by atoms with Crippen molar-refractivity contribution in [1.29, 1.82) is 0 Å². The van der Waals surface area contributed by atoms with Crippen molar-refractivity contribution in [3.63, 3.8) is 0 Å². The van der Waals surface area contributed by atoms with Crippen molar-refractivity contribution in [3.05, 3.63) is 47.1 Å². The number of likely N-dealkylation sites (tertiary alicyclic amines) is 1. The number of anilines is 2. The summed E-state index contributed by atoms with van der Waals surface area (Å²) >= 11 is 5.80. The lowest BCUT2D eigenvalue weighted by Gasteiger charge is -2.35. The molecule has 2 atom stereocenters. The molecule has 3 fully saturated rings. The fourth-order valence-electron chi connectivity index (χ4n) is 5.24. The van der Waals surface area contributed by atoms with Gasteiger partial charge in [-0.15, -0.1) is 0 Å². The van der Waals surface area contributed by atoms with Gasteiger partial charge in [0.15, 0.2) is 0 Å². The number of aromatic nitrogens is 1. The van der Waals surface area contributed by atoms with Crippen molar-refractivity contribution in [3.8, 4) is 0 Å². The van der Waals surface area contributed by atoms with Crippen LogP contribution in [0.25, 0.3) is 0 Å². The van der Waals surface area contributed by atoms with Gasteiger partial charge in [0.2, 0.25) is 15.9 Å². The van der Waals surface area contributed by atoms with E-state index in [0.717, 1.165) is 31.6 Å². The van der Waals surface area contributed by atoms with Gasteiger partial charge in [0.1, 0.15) is 11.0 Å². The van der Waals surface area contributed by atoms with E-state index < -0.39 is 21.8 Å². The summed E-state index contributed by atoms with van der Waals surface area (Å²) in [6.07, 6.45) is -3.25. The van der Waals surface area contributed by atoms with Gasteiger partial charge >= 0.3 is 6.18 Å². The molecule has 1 amide bonds. The number of amides is 1. The summed E-state index contributed by atoms with van der Waals surface area (Å²) in [7, 11) is -3.84. The van der Waals surface area contributed by atoms with Crippen LogP contribution < -0.4 is 15.5 Å². The molecular formula is C24H28ClF3N6O3S. The molecular weight excluding hydrogens is 545 g/mol. The van der Waals surface area contributed by atoms with Crippen molar-refractivity contribution in [1.82, 2.24) is 14.2 Å². The van der Waals surface area contributed by atoms with E-state index in [-0.39, 0.29) is 60.0 Å². The number of carbonyl (C=O) groups is 1. The summed E-state index contributed by atoms with van der Waals surface area (Å²) in [6, 6.07) is 8.13. The first-order valence-corrected chi connectivity index (χ1v) is 14.1. The van der Waals surface area contributed by atoms with Gasteiger partial charge in [-0.3, -0.25) is 9.69 Å². The zero-order valence-corrected chi connectivity index (χ0v) is 22.0. The number of hydrogen-bond donors (Lipinski definition) is 1. The van der Waals surface area contributed by atoms with E-state index in [4.69, 9.17) is 17.3 Å². The number of pyridine rings is 1. The Morgan fingerprint density at radius 3 is 2.29 bits per heavy atom. The van der Waals surface area contributed by atoms with Crippen LogP contribution in [0.3, 0.4) is 0 Å². The topological polar surface area (TPSA) is 103 Å². The molecule has 38 heavy (non-hydrogen) atoms. The maximum Gasteiger partial charge on any atom is 0.416 e. The molecule has 2 N–H and O–H groups in total. The zero-order chi connectivity index (χ0) is 27.2. The molecule has 0 saturated carbocycles. The summed E-state index contributed by atoms with van der Waals surface area (Å²) in [5.74, 6) is 0.0428. The Labute approximate surface area is 224 Å². The molecule has 14 heteroatoms. The number of piperazine rings is 1. The summed E-state index contributed by atoms with van der Waals surface area (Å²) in [5.41, 5.74) is 5.73. The van der Waals surface area contributed by atoms with E-state index in [1.165, 1.54) is 16.4 Å². The lowest BCUT2D eigenvalue weighted by atomic mass is 10.2. The van der Waals surface area contributed by atoms with Crippen molar-refractivity contribution >= 4 is 39.0 Å². The largest absolute Gasteiger partial charge is 0.416 e. The summed E-state index contributed by atoms with van der Waals surface area (Å²) < 4.78 is 67.2. The van der Waals surface area contributed by atoms with Crippen LogP contribution >= 0.6 is 11.6 Å². The maximum absolute atomic E-state index is 13.2. The molecule has 0 radical (unpaired) electrons. The van der Waals surface area contributed by atoms with E-state index in [0.29, 0.717) is 18.7 Å². The predicted molar refractivity (Wildman–Crippen MR) is 137 cm³/mol. The van der Waals surface area contributed by atoms with E-state index in [1.807, 2.05) is 0 Å². The average molecular weight is 573 g/mol. The van der Waals surface area contributed by atoms with Gasteiger partial charge in [0, 0.05) is 70.0 Å². The number of alkyl halides is 3. The van der Waals surface area contributed by atoms with E-state index >= 15 is 0 Å². The molecule has 1 aromatic carbocycles. The molecule has 0 bridgehead atoms. The number of hydrogen-bond acceptors (Lipinski definition) is 7. The standard InChI is InChI=1S/C24H28ClF3N6O3S/c25-21-11-16(24(26,27)28)12-22(30-21)31-7-9-33(10-8-31)38(36,37)20-3-1-18(2-4-20)34-15-19(13-23(34)35)32-6-5-17(29)14-32/h1-4,11-12,17,19H,5-10,13-15,29H2. The van der Waals surface area contributed by atoms with Crippen LogP contribution in [0, 0.1) is 0 Å². The Morgan fingerprint density at radius 1 is 1.00 bits per heavy atom. The molecule has 2 aromatic rings. The first kappa shape index (κ1) is 27.1. The Bertz CT molecular complexity index is 1300. The Balaban J connectivity index is 1.23. The zero-order valence-electron chi connectivity index (χ0n) is 20.4. The molecule has 0 spiro atoms. The van der Waals surface area contributed by atoms with E-state index in [9.17, 15) is 26.4 Å². The molecule has 3 aliphatic rings. The highest BCUT2D eigenvalue weighted by Crippen LogP contribution is 2.33. The molecule has 5 rings (SSSR count). The first-order valence-electron chi connectivity index (χ1n) is 12.3. The molecule has 3 aliphatic heterocycles. The van der Waals surface area contributed by atoms with Crippen LogP contribution in [0.1, 0.15) is 18.4 Å². The van der Waals surface area contributed by atoms with Gasteiger partial charge in [-0.25, -0.2) is 13.4 Å². The normalized spacial score (nSPS) is 24.0. The van der Waals surface area contributed by atoms with Crippen LogP contribution in [-0.2, 0) is 21.0 Å². The SMILES string of the molecule is NC1CCN(C2CC(=O)N(c3ccc(S(=O)(=O)N4CCN(c5cc(C(F)(F)F)cc(Cl)n5)CC4)cc3)C2)C1. The van der Waals surface area contributed by atoms with Gasteiger partial charge < -0.3 is 15.5 Å². The quantitative estimate of drug-likeness (QED) is 0.549. The first-order chi connectivity index (χ1) is 17.9. The number of rotatable bonds is 5. The molecule has 1 aromatic heterocycles. The number of sulfonamides is 1. The highest BCUT2D eigenvalue weighted by atomic mass is 35.5. The predicted octanol–water partition coefficient (Wildman–Crippen LogP) is 2.40. The lowest BCUT2D eigenvalue weighted by molar-refractivity contribution is -0.137. The van der Waals surface area contributed by atoms with Gasteiger partial charge in [0.05, 0.1) is 10.5 Å². The average Bonchev–Trinajstić information content (AvgIpc) is 3.48. The van der Waals surface area contributed by atoms with Crippen molar-refractivity contribution in [2.75, 3.05) is 55.6 Å². The minimum absolute atomic E-state index is 0.00879. The van der Waals surface area contributed by atoms with Crippen LogP contribution in [0.15, 0.2) is 41.3 Å². The fourth-order valence-corrected chi connectivity index (χ4v) is 6.87. The maximum atomic E-state index is 13.2. The minimum Gasteiger partial charge on any atom is -0.354 e. The summed E-state index contributed by atoms with van der Waals surface area (Å²) in [6.45, 7) is 2.64. The fraction of sp³-hybridized carbons (Fsp3) is 0.500. The second-order valence-electron chi connectivity index (χ2n) is 9.83. The Morgan fingerprint density at radius 2 is 1.68 bits per heavy atom. The second kappa shape index (κ2) is 10.3. The number of benzene rings is 1. The van der Waals surface area contributed by atoms with Crippen LogP contribution in [0.2, 0.25) is 5.15 Å². The smallest absolute Gasteiger partial charge is 0.354 e. The number of carbonyl (C=O) groups excluding carboxylic acids is 1. The van der Waals surface area contributed by atoms with E-state index in [1.54, 1.807) is 21.9 Å².